The Bertz CT molecular complexity index is 4160. The summed E-state index contributed by atoms with van der Waals surface area (Å²) in [5.74, 6) is 1.50. The highest BCUT2D eigenvalue weighted by atomic mass is 15.3. The summed E-state index contributed by atoms with van der Waals surface area (Å²) in [7, 11) is 2.08. The van der Waals surface area contributed by atoms with Gasteiger partial charge in [-0.1, -0.05) is 121 Å². The molecule has 0 aliphatic carbocycles. The van der Waals surface area contributed by atoms with Crippen molar-refractivity contribution in [1.29, 1.82) is 0 Å². The van der Waals surface area contributed by atoms with Gasteiger partial charge in [-0.3, -0.25) is 13.7 Å². The van der Waals surface area contributed by atoms with Crippen LogP contribution >= 0.6 is 0 Å². The Labute approximate surface area is 353 Å². The highest BCUT2D eigenvalue weighted by molar-refractivity contribution is 6.27. The molecular formula is C54H34N8. The van der Waals surface area contributed by atoms with Crippen molar-refractivity contribution in [2.45, 2.75) is 0 Å². The molecule has 62 heavy (non-hydrogen) atoms. The van der Waals surface area contributed by atoms with E-state index in [4.69, 9.17) is 15.0 Å². The third-order valence-corrected chi connectivity index (χ3v) is 13.0. The van der Waals surface area contributed by atoms with Gasteiger partial charge < -0.3 is 9.13 Å². The first-order valence-corrected chi connectivity index (χ1v) is 20.9. The Hall–Kier alpha value is -8.49. The minimum Gasteiger partial charge on any atom is -0.309 e. The third-order valence-electron chi connectivity index (χ3n) is 13.0. The van der Waals surface area contributed by atoms with E-state index in [0.717, 1.165) is 89.2 Å². The van der Waals surface area contributed by atoms with Crippen LogP contribution in [0.2, 0.25) is 0 Å². The van der Waals surface area contributed by atoms with E-state index < -0.39 is 0 Å². The predicted molar refractivity (Wildman–Crippen MR) is 254 cm³/mol. The summed E-state index contributed by atoms with van der Waals surface area (Å²) in [6.45, 7) is 0. The summed E-state index contributed by atoms with van der Waals surface area (Å²) in [4.78, 5) is 15.8. The van der Waals surface area contributed by atoms with Gasteiger partial charge in [-0.2, -0.15) is 0 Å². The van der Waals surface area contributed by atoms with Crippen molar-refractivity contribution in [2.24, 2.45) is 7.05 Å². The van der Waals surface area contributed by atoms with Gasteiger partial charge in [0.2, 0.25) is 5.95 Å². The lowest BCUT2D eigenvalue weighted by atomic mass is 10.1. The fraction of sp³-hybridized carbons (Fsp3) is 0.0185. The molecule has 8 nitrogen and oxygen atoms in total. The molecule has 0 bridgehead atoms. The summed E-state index contributed by atoms with van der Waals surface area (Å²) < 4.78 is 11.6. The monoisotopic (exact) mass is 794 g/mol. The topological polar surface area (TPSA) is 63.3 Å². The Morgan fingerprint density at radius 2 is 0.790 bits per heavy atom. The van der Waals surface area contributed by atoms with E-state index in [-0.39, 0.29) is 0 Å². The first kappa shape index (κ1) is 33.4. The van der Waals surface area contributed by atoms with E-state index >= 15 is 0 Å². The van der Waals surface area contributed by atoms with Crippen LogP contribution in [0.3, 0.4) is 0 Å². The van der Waals surface area contributed by atoms with E-state index in [1.54, 1.807) is 6.33 Å². The van der Waals surface area contributed by atoms with Gasteiger partial charge in [-0.15, -0.1) is 0 Å². The van der Waals surface area contributed by atoms with Crippen LogP contribution < -0.4 is 0 Å². The molecular weight excluding hydrogens is 761 g/mol. The molecule has 0 aliphatic heterocycles. The van der Waals surface area contributed by atoms with Crippen LogP contribution in [0, 0.1) is 0 Å². The van der Waals surface area contributed by atoms with Crippen molar-refractivity contribution in [3.63, 3.8) is 0 Å². The molecule has 0 amide bonds. The minimum atomic E-state index is 0.723. The average Bonchev–Trinajstić information content (AvgIpc) is 4.12. The zero-order valence-corrected chi connectivity index (χ0v) is 33.5. The van der Waals surface area contributed by atoms with Gasteiger partial charge >= 0.3 is 0 Å². The number of fused-ring (bicyclic) bond motifs is 15. The molecule has 8 aromatic carbocycles. The second-order valence-corrected chi connectivity index (χ2v) is 16.1. The Morgan fingerprint density at radius 3 is 1.32 bits per heavy atom. The second-order valence-electron chi connectivity index (χ2n) is 16.1. The van der Waals surface area contributed by atoms with Gasteiger partial charge in [-0.05, 0) is 60.7 Å². The number of hydrogen-bond acceptors (Lipinski definition) is 3. The summed E-state index contributed by atoms with van der Waals surface area (Å²) in [6.07, 6.45) is 1.69. The fourth-order valence-corrected chi connectivity index (χ4v) is 10.5. The maximum absolute atomic E-state index is 5.64. The van der Waals surface area contributed by atoms with Crippen LogP contribution in [-0.2, 0) is 7.05 Å². The maximum atomic E-state index is 5.64. The quantitative estimate of drug-likeness (QED) is 0.178. The SMILES string of the molecule is Cn1c(-n2c3ccccc3c3ccc4c(c5ccccc5n4-c4ccccc4)c32)nc2c(-n3c4ccccc4c4ccc5c(c6ccccc6n5-c5ccccc5)c43)ncnc21. The molecule has 0 atom stereocenters. The molecule has 0 aliphatic rings. The van der Waals surface area contributed by atoms with Crippen molar-refractivity contribution in [2.75, 3.05) is 0 Å². The first-order valence-electron chi connectivity index (χ1n) is 20.9. The van der Waals surface area contributed by atoms with Gasteiger partial charge in [0.1, 0.15) is 6.33 Å². The molecule has 0 N–H and O–H groups in total. The minimum absolute atomic E-state index is 0.723. The van der Waals surface area contributed by atoms with Crippen LogP contribution in [0.5, 0.6) is 0 Å². The van der Waals surface area contributed by atoms with Crippen molar-refractivity contribution in [1.82, 2.24) is 37.8 Å². The van der Waals surface area contributed by atoms with Crippen LogP contribution in [0.15, 0.2) is 188 Å². The number of aryl methyl sites for hydroxylation is 1. The number of nitrogens with zero attached hydrogens (tertiary/aromatic N) is 8. The predicted octanol–water partition coefficient (Wildman–Crippen LogP) is 12.8. The standard InChI is InChI=1S/C54H34N8/c1-58-52-49(57-54(58)62-42-25-13-9-21-36(42)38-29-31-46-48(51(38)62)40-23-11-15-27-44(40)60(46)34-18-6-3-7-19-34)53(56-32-55-52)61-41-24-12-8-20-35(41)37-28-30-45-47(50(37)61)39-22-10-14-26-43(39)59(45)33-16-4-2-5-17-33/h2-32H,1H3. The molecule has 14 aromatic rings. The van der Waals surface area contributed by atoms with Crippen LogP contribution in [0.25, 0.3) is 122 Å². The van der Waals surface area contributed by atoms with Crippen LogP contribution in [-0.4, -0.2) is 37.8 Å². The summed E-state index contributed by atoms with van der Waals surface area (Å²) in [6, 6.07) is 65.1. The second kappa shape index (κ2) is 12.3. The van der Waals surface area contributed by atoms with Crippen molar-refractivity contribution < 1.29 is 0 Å². The Morgan fingerprint density at radius 1 is 0.355 bits per heavy atom. The van der Waals surface area contributed by atoms with E-state index in [0.29, 0.717) is 0 Å². The van der Waals surface area contributed by atoms with E-state index in [1.165, 1.54) is 32.3 Å². The third kappa shape index (κ3) is 4.27. The molecule has 0 saturated carbocycles. The molecule has 8 heteroatoms. The van der Waals surface area contributed by atoms with E-state index in [1.807, 2.05) is 0 Å². The van der Waals surface area contributed by atoms with Gasteiger partial charge in [0.15, 0.2) is 17.0 Å². The van der Waals surface area contributed by atoms with Crippen LogP contribution in [0.4, 0.5) is 0 Å². The van der Waals surface area contributed by atoms with Gasteiger partial charge in [0, 0.05) is 61.5 Å². The largest absolute Gasteiger partial charge is 0.309 e. The lowest BCUT2D eigenvalue weighted by Gasteiger charge is -2.09. The highest BCUT2D eigenvalue weighted by Crippen LogP contribution is 2.44. The number of aromatic nitrogens is 8. The number of rotatable bonds is 4. The van der Waals surface area contributed by atoms with E-state index in [2.05, 4.69) is 212 Å². The van der Waals surface area contributed by atoms with Crippen molar-refractivity contribution in [3.8, 4) is 23.1 Å². The number of para-hydroxylation sites is 6. The zero-order chi connectivity index (χ0) is 40.6. The Balaban J connectivity index is 1.11. The van der Waals surface area contributed by atoms with Gasteiger partial charge in [0.25, 0.3) is 0 Å². The summed E-state index contributed by atoms with van der Waals surface area (Å²) in [5, 5.41) is 9.36. The molecule has 6 heterocycles. The average molecular weight is 795 g/mol. The number of benzene rings is 8. The summed E-state index contributed by atoms with van der Waals surface area (Å²) >= 11 is 0. The molecule has 290 valence electrons. The fourth-order valence-electron chi connectivity index (χ4n) is 10.5. The maximum Gasteiger partial charge on any atom is 0.216 e. The van der Waals surface area contributed by atoms with Gasteiger partial charge in [-0.25, -0.2) is 15.0 Å². The lowest BCUT2D eigenvalue weighted by molar-refractivity contribution is 0.860. The lowest BCUT2D eigenvalue weighted by Crippen LogP contribution is -2.03. The number of hydrogen-bond donors (Lipinski definition) is 0. The molecule has 0 radical (unpaired) electrons. The molecule has 6 aromatic heterocycles. The molecule has 14 rings (SSSR count). The first-order chi connectivity index (χ1) is 30.7. The number of imidazole rings is 1. The normalized spacial score (nSPS) is 12.3. The van der Waals surface area contributed by atoms with E-state index in [9.17, 15) is 0 Å². The molecule has 0 unspecified atom stereocenters. The highest BCUT2D eigenvalue weighted by Gasteiger charge is 2.27. The van der Waals surface area contributed by atoms with Crippen molar-refractivity contribution in [3.05, 3.63) is 188 Å². The smallest absolute Gasteiger partial charge is 0.216 e. The molecule has 0 saturated heterocycles. The van der Waals surface area contributed by atoms with Crippen molar-refractivity contribution >= 4 is 98.4 Å². The molecule has 0 fully saturated rings. The van der Waals surface area contributed by atoms with Gasteiger partial charge in [0.05, 0.1) is 44.1 Å². The molecule has 0 spiro atoms. The van der Waals surface area contributed by atoms with Crippen LogP contribution in [0.1, 0.15) is 0 Å². The zero-order valence-electron chi connectivity index (χ0n) is 33.5. The Kier molecular flexibility index (Phi) is 6.61. The summed E-state index contributed by atoms with van der Waals surface area (Å²) in [5.41, 5.74) is 12.6.